The zero-order valence-electron chi connectivity index (χ0n) is 13.3. The van der Waals surface area contributed by atoms with E-state index in [1.54, 1.807) is 12.1 Å². The molecule has 1 aliphatic carbocycles. The van der Waals surface area contributed by atoms with Crippen molar-refractivity contribution in [3.63, 3.8) is 0 Å². The molecule has 0 saturated carbocycles. The van der Waals surface area contributed by atoms with Crippen molar-refractivity contribution in [1.82, 2.24) is 0 Å². The maximum absolute atomic E-state index is 9.47. The third-order valence-corrected chi connectivity index (χ3v) is 4.58. The van der Waals surface area contributed by atoms with Crippen LogP contribution in [0.3, 0.4) is 0 Å². The van der Waals surface area contributed by atoms with Crippen LogP contribution in [-0.4, -0.2) is 30.5 Å². The van der Waals surface area contributed by atoms with Gasteiger partial charge in [-0.05, 0) is 30.5 Å². The van der Waals surface area contributed by atoms with E-state index in [0.717, 1.165) is 19.4 Å². The van der Waals surface area contributed by atoms with Crippen LogP contribution in [-0.2, 0) is 14.9 Å². The molecule has 1 saturated heterocycles. The Hall–Kier alpha value is -1.58. The molecule has 0 aromatic heterocycles. The van der Waals surface area contributed by atoms with Gasteiger partial charge in [-0.2, -0.15) is 0 Å². The van der Waals surface area contributed by atoms with E-state index in [9.17, 15) is 5.11 Å². The SMILES string of the molecule is CC(C)(C1=CCC(OCC2CO2)C=CC1)c1ccc(O)cc1. The number of hydrogen-bond acceptors (Lipinski definition) is 3. The molecule has 1 fully saturated rings. The van der Waals surface area contributed by atoms with Crippen LogP contribution >= 0.6 is 0 Å². The lowest BCUT2D eigenvalue weighted by atomic mass is 9.76. The molecule has 1 N–H and O–H groups in total. The van der Waals surface area contributed by atoms with Gasteiger partial charge in [0.15, 0.2) is 0 Å². The largest absolute Gasteiger partial charge is 0.508 e. The number of epoxide rings is 1. The molecule has 3 heteroatoms. The number of phenols is 1. The number of benzene rings is 1. The standard InChI is InChI=1S/C19H24O3/c1-19(2,15-6-9-16(20)10-7-15)14-4-3-5-17(11-8-14)21-12-18-13-22-18/h3,5-10,17-18,20H,4,11-13H2,1-2H3. The van der Waals surface area contributed by atoms with Crippen molar-refractivity contribution < 1.29 is 14.6 Å². The summed E-state index contributed by atoms with van der Waals surface area (Å²) in [4.78, 5) is 0. The minimum atomic E-state index is -0.0491. The Balaban J connectivity index is 1.69. The summed E-state index contributed by atoms with van der Waals surface area (Å²) in [5.74, 6) is 0.310. The molecule has 1 aliphatic heterocycles. The molecule has 0 spiro atoms. The van der Waals surface area contributed by atoms with Crippen LogP contribution in [0.2, 0.25) is 0 Å². The molecule has 3 rings (SSSR count). The van der Waals surface area contributed by atoms with Crippen LogP contribution in [0.5, 0.6) is 5.75 Å². The highest BCUT2D eigenvalue weighted by molar-refractivity contribution is 5.38. The van der Waals surface area contributed by atoms with Crippen LogP contribution in [0, 0.1) is 0 Å². The fourth-order valence-corrected chi connectivity index (χ4v) is 2.86. The Morgan fingerprint density at radius 2 is 2.00 bits per heavy atom. The van der Waals surface area contributed by atoms with Crippen LogP contribution in [0.15, 0.2) is 48.1 Å². The lowest BCUT2D eigenvalue weighted by molar-refractivity contribution is 0.0740. The van der Waals surface area contributed by atoms with Crippen LogP contribution in [0.1, 0.15) is 32.3 Å². The van der Waals surface area contributed by atoms with Crippen molar-refractivity contribution in [3.8, 4) is 5.75 Å². The summed E-state index contributed by atoms with van der Waals surface area (Å²) >= 11 is 0. The molecule has 2 aliphatic rings. The van der Waals surface area contributed by atoms with E-state index in [4.69, 9.17) is 9.47 Å². The molecule has 2 unspecified atom stereocenters. The molecule has 22 heavy (non-hydrogen) atoms. The van der Waals surface area contributed by atoms with E-state index in [0.29, 0.717) is 18.5 Å². The predicted molar refractivity (Wildman–Crippen MR) is 87.1 cm³/mol. The summed E-state index contributed by atoms with van der Waals surface area (Å²) in [7, 11) is 0. The van der Waals surface area contributed by atoms with E-state index < -0.39 is 0 Å². The van der Waals surface area contributed by atoms with Gasteiger partial charge in [-0.1, -0.05) is 49.8 Å². The molecule has 0 radical (unpaired) electrons. The van der Waals surface area contributed by atoms with Crippen molar-refractivity contribution in [2.24, 2.45) is 0 Å². The second kappa shape index (κ2) is 6.27. The third kappa shape index (κ3) is 3.60. The van der Waals surface area contributed by atoms with Gasteiger partial charge in [-0.3, -0.25) is 0 Å². The Labute approximate surface area is 132 Å². The van der Waals surface area contributed by atoms with E-state index in [1.165, 1.54) is 11.1 Å². The van der Waals surface area contributed by atoms with Crippen molar-refractivity contribution >= 4 is 0 Å². The first-order chi connectivity index (χ1) is 10.6. The Bertz CT molecular complexity index is 565. The monoisotopic (exact) mass is 300 g/mol. The van der Waals surface area contributed by atoms with Crippen molar-refractivity contribution in [2.45, 2.75) is 44.3 Å². The first-order valence-electron chi connectivity index (χ1n) is 7.94. The molecule has 1 aromatic rings. The van der Waals surface area contributed by atoms with Gasteiger partial charge in [0.2, 0.25) is 0 Å². The molecule has 1 aromatic carbocycles. The quantitative estimate of drug-likeness (QED) is 0.665. The Morgan fingerprint density at radius 3 is 2.68 bits per heavy atom. The molecule has 2 atom stereocenters. The Kier molecular flexibility index (Phi) is 4.37. The minimum absolute atomic E-state index is 0.0491. The summed E-state index contributed by atoms with van der Waals surface area (Å²) < 4.78 is 11.1. The lowest BCUT2D eigenvalue weighted by Crippen LogP contribution is -2.20. The van der Waals surface area contributed by atoms with Crippen LogP contribution < -0.4 is 0 Å². The van der Waals surface area contributed by atoms with Gasteiger partial charge >= 0.3 is 0 Å². The average molecular weight is 300 g/mol. The topological polar surface area (TPSA) is 42.0 Å². The molecular formula is C19H24O3. The lowest BCUT2D eigenvalue weighted by Gasteiger charge is -2.28. The summed E-state index contributed by atoms with van der Waals surface area (Å²) in [6.45, 7) is 6.00. The number of phenolic OH excluding ortho intramolecular Hbond substituents is 1. The minimum Gasteiger partial charge on any atom is -0.508 e. The van der Waals surface area contributed by atoms with E-state index in [2.05, 4.69) is 32.1 Å². The van der Waals surface area contributed by atoms with Gasteiger partial charge in [-0.25, -0.2) is 0 Å². The van der Waals surface area contributed by atoms with E-state index in [1.807, 2.05) is 12.1 Å². The second-order valence-corrected chi connectivity index (χ2v) is 6.60. The summed E-state index contributed by atoms with van der Waals surface area (Å²) in [6.07, 6.45) is 8.99. The van der Waals surface area contributed by atoms with Gasteiger partial charge in [0.25, 0.3) is 0 Å². The summed E-state index contributed by atoms with van der Waals surface area (Å²) in [5, 5.41) is 9.47. The molecule has 0 bridgehead atoms. The number of rotatable bonds is 5. The van der Waals surface area contributed by atoms with Crippen LogP contribution in [0.25, 0.3) is 0 Å². The first-order valence-corrected chi connectivity index (χ1v) is 7.94. The first kappa shape index (κ1) is 15.3. The zero-order valence-corrected chi connectivity index (χ0v) is 13.3. The summed E-state index contributed by atoms with van der Waals surface area (Å²) in [6, 6.07) is 7.52. The fourth-order valence-electron chi connectivity index (χ4n) is 2.86. The highest BCUT2D eigenvalue weighted by Gasteiger charge is 2.27. The normalized spacial score (nSPS) is 24.7. The van der Waals surface area contributed by atoms with Gasteiger partial charge < -0.3 is 14.6 Å². The number of hydrogen-bond donors (Lipinski definition) is 1. The smallest absolute Gasteiger partial charge is 0.115 e. The van der Waals surface area contributed by atoms with Gasteiger partial charge in [0.05, 0.1) is 19.3 Å². The highest BCUT2D eigenvalue weighted by atomic mass is 16.6. The van der Waals surface area contributed by atoms with E-state index in [-0.39, 0.29) is 11.5 Å². The second-order valence-electron chi connectivity index (χ2n) is 6.60. The molecule has 0 amide bonds. The maximum atomic E-state index is 9.47. The van der Waals surface area contributed by atoms with Crippen molar-refractivity contribution in [3.05, 3.63) is 53.6 Å². The number of ether oxygens (including phenoxy) is 2. The zero-order chi connectivity index (χ0) is 15.6. The maximum Gasteiger partial charge on any atom is 0.115 e. The molecule has 3 nitrogen and oxygen atoms in total. The van der Waals surface area contributed by atoms with Gasteiger partial charge in [0, 0.05) is 5.41 Å². The number of allylic oxidation sites excluding steroid dienone is 2. The molecule has 1 heterocycles. The van der Waals surface area contributed by atoms with E-state index >= 15 is 0 Å². The van der Waals surface area contributed by atoms with Gasteiger partial charge in [0.1, 0.15) is 11.9 Å². The van der Waals surface area contributed by atoms with Crippen molar-refractivity contribution in [1.29, 1.82) is 0 Å². The predicted octanol–water partition coefficient (Wildman–Crippen LogP) is 3.73. The van der Waals surface area contributed by atoms with Crippen LogP contribution in [0.4, 0.5) is 0 Å². The van der Waals surface area contributed by atoms with Gasteiger partial charge in [-0.15, -0.1) is 0 Å². The van der Waals surface area contributed by atoms with Crippen molar-refractivity contribution in [2.75, 3.05) is 13.2 Å². The highest BCUT2D eigenvalue weighted by Crippen LogP contribution is 2.36. The Morgan fingerprint density at radius 1 is 1.27 bits per heavy atom. The summed E-state index contributed by atoms with van der Waals surface area (Å²) in [5.41, 5.74) is 2.56. The number of aromatic hydroxyl groups is 1. The molecular weight excluding hydrogens is 276 g/mol. The molecule has 118 valence electrons. The fraction of sp³-hybridized carbons (Fsp3) is 0.474. The average Bonchev–Trinajstić information content (AvgIpc) is 3.32. The third-order valence-electron chi connectivity index (χ3n) is 4.58.